The first-order valence-electron chi connectivity index (χ1n) is 8.95. The van der Waals surface area contributed by atoms with Crippen molar-refractivity contribution >= 4 is 32.5 Å². The minimum absolute atomic E-state index is 0.199. The molecular formula is C18H24N4O3S2. The van der Waals surface area contributed by atoms with Crippen LogP contribution < -0.4 is 10.6 Å². The number of piperidine rings is 1. The normalized spacial score (nSPS) is 15.5. The van der Waals surface area contributed by atoms with E-state index in [1.165, 1.54) is 11.5 Å². The van der Waals surface area contributed by atoms with Crippen LogP contribution in [0.1, 0.15) is 40.9 Å². The number of carbonyl (C=O) groups excluding carboxylic acids is 1. The van der Waals surface area contributed by atoms with Crippen molar-refractivity contribution in [2.24, 2.45) is 0 Å². The van der Waals surface area contributed by atoms with E-state index in [1.54, 1.807) is 42.5 Å². The summed E-state index contributed by atoms with van der Waals surface area (Å²) in [7, 11) is -1.67. The summed E-state index contributed by atoms with van der Waals surface area (Å²) in [5.41, 5.74) is 2.07. The standard InChI is InChI=1S/C18H24N4O3S2/c1-13-16(18(19-2)26-21-13)17(23)20-12-14-6-8-15(9-7-14)27(24,25)22-10-4-3-5-11-22/h6-9,19H,3-5,10-12H2,1-2H3,(H,20,23). The van der Waals surface area contributed by atoms with Crippen molar-refractivity contribution in [3.05, 3.63) is 41.1 Å². The second kappa shape index (κ2) is 8.37. The summed E-state index contributed by atoms with van der Waals surface area (Å²) >= 11 is 1.25. The molecule has 146 valence electrons. The number of aryl methyl sites for hydroxylation is 1. The summed E-state index contributed by atoms with van der Waals surface area (Å²) in [4.78, 5) is 12.7. The van der Waals surface area contributed by atoms with Gasteiger partial charge in [0.15, 0.2) is 0 Å². The van der Waals surface area contributed by atoms with Gasteiger partial charge in [-0.25, -0.2) is 8.42 Å². The topological polar surface area (TPSA) is 91.4 Å². The van der Waals surface area contributed by atoms with Crippen LogP contribution in [0.3, 0.4) is 0 Å². The third kappa shape index (κ3) is 4.31. The molecule has 1 aliphatic rings. The molecule has 0 aliphatic carbocycles. The SMILES string of the molecule is CNc1snc(C)c1C(=O)NCc1ccc(S(=O)(=O)N2CCCCC2)cc1. The third-order valence-corrected chi connectivity index (χ3v) is 7.51. The Morgan fingerprint density at radius 3 is 2.48 bits per heavy atom. The van der Waals surface area contributed by atoms with Crippen LogP contribution in [0.2, 0.25) is 0 Å². The van der Waals surface area contributed by atoms with Gasteiger partial charge in [0.1, 0.15) is 5.00 Å². The highest BCUT2D eigenvalue weighted by Gasteiger charge is 2.25. The largest absolute Gasteiger partial charge is 0.378 e. The van der Waals surface area contributed by atoms with Crippen LogP contribution >= 0.6 is 11.5 Å². The lowest BCUT2D eigenvalue weighted by Crippen LogP contribution is -2.35. The van der Waals surface area contributed by atoms with Crippen molar-refractivity contribution in [3.63, 3.8) is 0 Å². The molecule has 7 nitrogen and oxygen atoms in total. The molecule has 27 heavy (non-hydrogen) atoms. The van der Waals surface area contributed by atoms with E-state index in [4.69, 9.17) is 0 Å². The number of rotatable bonds is 6. The maximum atomic E-state index is 12.7. The predicted molar refractivity (Wildman–Crippen MR) is 107 cm³/mol. The lowest BCUT2D eigenvalue weighted by atomic mass is 10.2. The van der Waals surface area contributed by atoms with Gasteiger partial charge < -0.3 is 10.6 Å². The fourth-order valence-corrected chi connectivity index (χ4v) is 5.37. The Kier molecular flexibility index (Phi) is 6.13. The van der Waals surface area contributed by atoms with Crippen LogP contribution in [-0.4, -0.2) is 43.1 Å². The second-order valence-electron chi connectivity index (χ2n) is 6.51. The lowest BCUT2D eigenvalue weighted by Gasteiger charge is -2.25. The summed E-state index contributed by atoms with van der Waals surface area (Å²) in [6, 6.07) is 6.72. The van der Waals surface area contributed by atoms with E-state index in [9.17, 15) is 13.2 Å². The van der Waals surface area contributed by atoms with E-state index in [0.717, 1.165) is 29.8 Å². The number of sulfonamides is 1. The van der Waals surface area contributed by atoms with E-state index in [0.29, 0.717) is 35.8 Å². The number of hydrogen-bond acceptors (Lipinski definition) is 6. The molecule has 1 fully saturated rings. The number of aromatic nitrogens is 1. The summed E-state index contributed by atoms with van der Waals surface area (Å²) in [5, 5.41) is 6.57. The van der Waals surface area contributed by atoms with Crippen molar-refractivity contribution < 1.29 is 13.2 Å². The molecule has 1 aromatic heterocycles. The Morgan fingerprint density at radius 2 is 1.85 bits per heavy atom. The first kappa shape index (κ1) is 19.8. The van der Waals surface area contributed by atoms with Gasteiger partial charge >= 0.3 is 0 Å². The summed E-state index contributed by atoms with van der Waals surface area (Å²) < 4.78 is 31.1. The van der Waals surface area contributed by atoms with Crippen molar-refractivity contribution in [3.8, 4) is 0 Å². The number of nitrogens with one attached hydrogen (secondary N) is 2. The van der Waals surface area contributed by atoms with Gasteiger partial charge in [-0.05, 0) is 49.0 Å². The van der Waals surface area contributed by atoms with Gasteiger partial charge in [-0.1, -0.05) is 18.6 Å². The Morgan fingerprint density at radius 1 is 1.19 bits per heavy atom. The lowest BCUT2D eigenvalue weighted by molar-refractivity contribution is 0.0951. The fraction of sp³-hybridized carbons (Fsp3) is 0.444. The number of carbonyl (C=O) groups is 1. The van der Waals surface area contributed by atoms with Crippen LogP contribution in [0.15, 0.2) is 29.2 Å². The Balaban J connectivity index is 1.65. The second-order valence-corrected chi connectivity index (χ2v) is 9.22. The highest BCUT2D eigenvalue weighted by Crippen LogP contribution is 2.24. The summed E-state index contributed by atoms with van der Waals surface area (Å²) in [6.45, 7) is 3.29. The zero-order chi connectivity index (χ0) is 19.4. The van der Waals surface area contributed by atoms with Crippen LogP contribution in [0.25, 0.3) is 0 Å². The zero-order valence-electron chi connectivity index (χ0n) is 15.5. The van der Waals surface area contributed by atoms with Gasteiger partial charge in [-0.15, -0.1) is 0 Å². The molecule has 0 bridgehead atoms. The molecule has 9 heteroatoms. The maximum absolute atomic E-state index is 12.7. The molecule has 0 spiro atoms. The molecule has 2 heterocycles. The van der Waals surface area contributed by atoms with E-state index in [-0.39, 0.29) is 5.91 Å². The zero-order valence-corrected chi connectivity index (χ0v) is 17.1. The maximum Gasteiger partial charge on any atom is 0.256 e. The molecule has 1 saturated heterocycles. The Labute approximate surface area is 164 Å². The number of anilines is 1. The predicted octanol–water partition coefficient (Wildman–Crippen LogP) is 2.60. The monoisotopic (exact) mass is 408 g/mol. The van der Waals surface area contributed by atoms with Gasteiger partial charge in [-0.2, -0.15) is 8.68 Å². The van der Waals surface area contributed by atoms with Crippen LogP contribution in [-0.2, 0) is 16.6 Å². The Bertz CT molecular complexity index is 901. The number of amides is 1. The van der Waals surface area contributed by atoms with Crippen molar-refractivity contribution in [1.82, 2.24) is 14.0 Å². The van der Waals surface area contributed by atoms with E-state index < -0.39 is 10.0 Å². The molecule has 0 radical (unpaired) electrons. The molecule has 0 unspecified atom stereocenters. The minimum atomic E-state index is -3.43. The molecule has 1 aliphatic heterocycles. The number of nitrogens with zero attached hydrogens (tertiary/aromatic N) is 2. The fourth-order valence-electron chi connectivity index (χ4n) is 3.11. The summed E-state index contributed by atoms with van der Waals surface area (Å²) in [6.07, 6.45) is 2.91. The van der Waals surface area contributed by atoms with Crippen molar-refractivity contribution in [2.45, 2.75) is 37.6 Å². The molecule has 2 aromatic rings. The van der Waals surface area contributed by atoms with Crippen molar-refractivity contribution in [1.29, 1.82) is 0 Å². The average molecular weight is 409 g/mol. The minimum Gasteiger partial charge on any atom is -0.378 e. The molecule has 1 aromatic carbocycles. The highest BCUT2D eigenvalue weighted by atomic mass is 32.2. The number of hydrogen-bond donors (Lipinski definition) is 2. The molecular weight excluding hydrogens is 384 g/mol. The van der Waals surface area contributed by atoms with Gasteiger partial charge in [0.25, 0.3) is 5.91 Å². The van der Waals surface area contributed by atoms with Crippen LogP contribution in [0.4, 0.5) is 5.00 Å². The van der Waals surface area contributed by atoms with Gasteiger partial charge in [0.2, 0.25) is 10.0 Å². The van der Waals surface area contributed by atoms with Crippen molar-refractivity contribution in [2.75, 3.05) is 25.5 Å². The molecule has 0 atom stereocenters. The van der Waals surface area contributed by atoms with Gasteiger partial charge in [0, 0.05) is 26.7 Å². The van der Waals surface area contributed by atoms with E-state index in [1.807, 2.05) is 0 Å². The first-order chi connectivity index (χ1) is 12.9. The van der Waals surface area contributed by atoms with E-state index in [2.05, 4.69) is 15.0 Å². The molecule has 2 N–H and O–H groups in total. The van der Waals surface area contributed by atoms with E-state index >= 15 is 0 Å². The summed E-state index contributed by atoms with van der Waals surface area (Å²) in [5.74, 6) is -0.199. The number of benzene rings is 1. The smallest absolute Gasteiger partial charge is 0.256 e. The van der Waals surface area contributed by atoms with Crippen LogP contribution in [0.5, 0.6) is 0 Å². The van der Waals surface area contributed by atoms with Crippen LogP contribution in [0, 0.1) is 6.92 Å². The third-order valence-electron chi connectivity index (χ3n) is 4.65. The highest BCUT2D eigenvalue weighted by molar-refractivity contribution is 7.89. The first-order valence-corrected chi connectivity index (χ1v) is 11.2. The molecule has 3 rings (SSSR count). The molecule has 1 amide bonds. The van der Waals surface area contributed by atoms with Gasteiger partial charge in [0.05, 0.1) is 16.2 Å². The Hall–Kier alpha value is -1.97. The average Bonchev–Trinajstić information content (AvgIpc) is 3.08. The van der Waals surface area contributed by atoms with Gasteiger partial charge in [-0.3, -0.25) is 4.79 Å². The molecule has 0 saturated carbocycles. The quantitative estimate of drug-likeness (QED) is 0.767.